The van der Waals surface area contributed by atoms with Crippen molar-refractivity contribution in [1.29, 1.82) is 0 Å². The van der Waals surface area contributed by atoms with Crippen molar-refractivity contribution in [2.24, 2.45) is 5.92 Å². The van der Waals surface area contributed by atoms with Crippen LogP contribution in [0.5, 0.6) is 0 Å². The van der Waals surface area contributed by atoms with E-state index in [4.69, 9.17) is 4.74 Å². The van der Waals surface area contributed by atoms with Gasteiger partial charge in [-0.15, -0.1) is 0 Å². The summed E-state index contributed by atoms with van der Waals surface area (Å²) in [4.78, 5) is 6.61. The molecule has 0 bridgehead atoms. The predicted octanol–water partition coefficient (Wildman–Crippen LogP) is 2.61. The normalized spacial score (nSPS) is 16.1. The number of pyridine rings is 1. The molecule has 1 heterocycles. The molecule has 0 aromatic carbocycles. The van der Waals surface area contributed by atoms with Gasteiger partial charge < -0.3 is 15.0 Å². The van der Waals surface area contributed by atoms with Gasteiger partial charge in [0.2, 0.25) is 0 Å². The zero-order chi connectivity index (χ0) is 14.4. The lowest BCUT2D eigenvalue weighted by molar-refractivity contribution is 0.131. The highest BCUT2D eigenvalue weighted by Gasteiger charge is 2.21. The summed E-state index contributed by atoms with van der Waals surface area (Å²) in [6, 6.07) is 4.60. The average Bonchev–Trinajstić information content (AvgIpc) is 3.28. The number of hydrogen-bond donors (Lipinski definition) is 1. The maximum Gasteiger partial charge on any atom is 0.128 e. The van der Waals surface area contributed by atoms with Crippen molar-refractivity contribution in [1.82, 2.24) is 10.3 Å². The first kappa shape index (κ1) is 15.3. The van der Waals surface area contributed by atoms with E-state index in [0.717, 1.165) is 38.0 Å². The summed E-state index contributed by atoms with van der Waals surface area (Å²) in [6.07, 6.45) is 4.59. The number of nitrogens with zero attached hydrogens (tertiary/aromatic N) is 2. The molecular formula is C16H27N3O. The second-order valence-corrected chi connectivity index (χ2v) is 5.67. The summed E-state index contributed by atoms with van der Waals surface area (Å²) in [5.41, 5.74) is 1.28. The van der Waals surface area contributed by atoms with Crippen LogP contribution >= 0.6 is 0 Å². The standard InChI is InChI=1S/C16H27N3O/c1-4-17-13(2)15-7-8-18-16(11-15)19(3)9-10-20-12-14-5-6-14/h7-8,11,13-14,17H,4-6,9-10,12H2,1-3H3. The lowest BCUT2D eigenvalue weighted by atomic mass is 10.1. The van der Waals surface area contributed by atoms with Crippen LogP contribution in [0, 0.1) is 5.92 Å². The highest BCUT2D eigenvalue weighted by atomic mass is 16.5. The van der Waals surface area contributed by atoms with Crippen LogP contribution in [-0.2, 0) is 4.74 Å². The molecule has 4 heteroatoms. The number of nitrogens with one attached hydrogen (secondary N) is 1. The molecule has 1 aliphatic carbocycles. The van der Waals surface area contributed by atoms with Crippen molar-refractivity contribution in [3.05, 3.63) is 23.9 Å². The number of likely N-dealkylation sites (N-methyl/N-ethyl adjacent to an activating group) is 1. The summed E-state index contributed by atoms with van der Waals surface area (Å²) in [5, 5.41) is 3.43. The van der Waals surface area contributed by atoms with Crippen molar-refractivity contribution in [2.45, 2.75) is 32.7 Å². The maximum absolute atomic E-state index is 5.68. The van der Waals surface area contributed by atoms with Gasteiger partial charge in [-0.25, -0.2) is 4.98 Å². The van der Waals surface area contributed by atoms with Crippen molar-refractivity contribution >= 4 is 5.82 Å². The molecule has 112 valence electrons. The Kier molecular flexibility index (Phi) is 5.80. The third-order valence-electron chi connectivity index (χ3n) is 3.79. The molecular weight excluding hydrogens is 250 g/mol. The molecule has 0 spiro atoms. The van der Waals surface area contributed by atoms with E-state index in [0.29, 0.717) is 6.04 Å². The summed E-state index contributed by atoms with van der Waals surface area (Å²) in [5.74, 6) is 1.85. The van der Waals surface area contributed by atoms with E-state index >= 15 is 0 Å². The van der Waals surface area contributed by atoms with Gasteiger partial charge in [0.15, 0.2) is 0 Å². The fraction of sp³-hybridized carbons (Fsp3) is 0.688. The van der Waals surface area contributed by atoms with E-state index in [9.17, 15) is 0 Å². The highest BCUT2D eigenvalue weighted by molar-refractivity contribution is 5.40. The molecule has 1 saturated carbocycles. The maximum atomic E-state index is 5.68. The lowest BCUT2D eigenvalue weighted by Crippen LogP contribution is -2.24. The average molecular weight is 277 g/mol. The third kappa shape index (κ3) is 4.76. The van der Waals surface area contributed by atoms with E-state index in [-0.39, 0.29) is 0 Å². The predicted molar refractivity (Wildman–Crippen MR) is 83.1 cm³/mol. The minimum atomic E-state index is 0.362. The zero-order valence-corrected chi connectivity index (χ0v) is 12.9. The van der Waals surface area contributed by atoms with E-state index in [1.807, 2.05) is 6.20 Å². The van der Waals surface area contributed by atoms with Crippen LogP contribution in [0.25, 0.3) is 0 Å². The van der Waals surface area contributed by atoms with E-state index in [1.165, 1.54) is 18.4 Å². The van der Waals surface area contributed by atoms with Gasteiger partial charge in [-0.3, -0.25) is 0 Å². The highest BCUT2D eigenvalue weighted by Crippen LogP contribution is 2.28. The number of hydrogen-bond acceptors (Lipinski definition) is 4. The van der Waals surface area contributed by atoms with Crippen LogP contribution in [0.1, 0.15) is 38.3 Å². The van der Waals surface area contributed by atoms with Crippen LogP contribution < -0.4 is 10.2 Å². The molecule has 1 aromatic rings. The molecule has 0 saturated heterocycles. The second-order valence-electron chi connectivity index (χ2n) is 5.67. The van der Waals surface area contributed by atoms with Gasteiger partial charge in [0, 0.05) is 32.4 Å². The number of aromatic nitrogens is 1. The summed E-state index contributed by atoms with van der Waals surface area (Å²) >= 11 is 0. The van der Waals surface area contributed by atoms with E-state index in [2.05, 4.69) is 48.2 Å². The van der Waals surface area contributed by atoms with Crippen molar-refractivity contribution in [3.8, 4) is 0 Å². The van der Waals surface area contributed by atoms with Crippen LogP contribution in [0.15, 0.2) is 18.3 Å². The number of anilines is 1. The monoisotopic (exact) mass is 277 g/mol. The van der Waals surface area contributed by atoms with Gasteiger partial charge in [-0.05, 0) is 49.9 Å². The van der Waals surface area contributed by atoms with Crippen molar-refractivity contribution in [2.75, 3.05) is 38.3 Å². The Hall–Kier alpha value is -1.13. The van der Waals surface area contributed by atoms with E-state index < -0.39 is 0 Å². The Morgan fingerprint density at radius 1 is 1.50 bits per heavy atom. The Balaban J connectivity index is 1.81. The first-order valence-electron chi connectivity index (χ1n) is 7.69. The van der Waals surface area contributed by atoms with Gasteiger partial charge in [0.1, 0.15) is 5.82 Å². The molecule has 4 nitrogen and oxygen atoms in total. The Bertz CT molecular complexity index is 406. The minimum absolute atomic E-state index is 0.362. The second kappa shape index (κ2) is 7.60. The minimum Gasteiger partial charge on any atom is -0.379 e. The van der Waals surface area contributed by atoms with Crippen LogP contribution in [0.3, 0.4) is 0 Å². The molecule has 0 radical (unpaired) electrons. The summed E-state index contributed by atoms with van der Waals surface area (Å²) in [7, 11) is 2.07. The molecule has 1 aromatic heterocycles. The Morgan fingerprint density at radius 3 is 3.00 bits per heavy atom. The summed E-state index contributed by atoms with van der Waals surface area (Å²) < 4.78 is 5.68. The fourth-order valence-corrected chi connectivity index (χ4v) is 2.19. The fourth-order valence-electron chi connectivity index (χ4n) is 2.19. The van der Waals surface area contributed by atoms with E-state index in [1.54, 1.807) is 0 Å². The first-order chi connectivity index (χ1) is 9.70. The lowest BCUT2D eigenvalue weighted by Gasteiger charge is -2.20. The number of rotatable bonds is 9. The number of ether oxygens (including phenoxy) is 1. The molecule has 1 atom stereocenters. The quantitative estimate of drug-likeness (QED) is 0.704. The Morgan fingerprint density at radius 2 is 2.30 bits per heavy atom. The molecule has 1 aliphatic rings. The molecule has 1 fully saturated rings. The van der Waals surface area contributed by atoms with Crippen LogP contribution in [-0.4, -0.2) is 38.3 Å². The molecule has 1 unspecified atom stereocenters. The molecule has 1 N–H and O–H groups in total. The SMILES string of the molecule is CCNC(C)c1ccnc(N(C)CCOCC2CC2)c1. The van der Waals surface area contributed by atoms with Gasteiger partial charge in [0.25, 0.3) is 0 Å². The largest absolute Gasteiger partial charge is 0.379 e. The molecule has 0 amide bonds. The smallest absolute Gasteiger partial charge is 0.128 e. The van der Waals surface area contributed by atoms with Gasteiger partial charge >= 0.3 is 0 Å². The van der Waals surface area contributed by atoms with Crippen LogP contribution in [0.2, 0.25) is 0 Å². The van der Waals surface area contributed by atoms with Gasteiger partial charge in [0.05, 0.1) is 6.61 Å². The van der Waals surface area contributed by atoms with Crippen LogP contribution in [0.4, 0.5) is 5.82 Å². The van der Waals surface area contributed by atoms with Gasteiger partial charge in [-0.1, -0.05) is 6.92 Å². The topological polar surface area (TPSA) is 37.4 Å². The molecule has 20 heavy (non-hydrogen) atoms. The Labute approximate surface area is 122 Å². The van der Waals surface area contributed by atoms with Crippen molar-refractivity contribution in [3.63, 3.8) is 0 Å². The zero-order valence-electron chi connectivity index (χ0n) is 12.9. The molecule has 0 aliphatic heterocycles. The summed E-state index contributed by atoms with van der Waals surface area (Å²) in [6.45, 7) is 7.88. The third-order valence-corrected chi connectivity index (χ3v) is 3.79. The van der Waals surface area contributed by atoms with Gasteiger partial charge in [-0.2, -0.15) is 0 Å². The van der Waals surface area contributed by atoms with Crippen molar-refractivity contribution < 1.29 is 4.74 Å². The molecule has 2 rings (SSSR count). The first-order valence-corrected chi connectivity index (χ1v) is 7.69.